The van der Waals surface area contributed by atoms with Gasteiger partial charge in [0.05, 0.1) is 16.7 Å². The molecule has 0 radical (unpaired) electrons. The first-order valence-corrected chi connectivity index (χ1v) is 9.40. The standard InChI is InChI=1S/C24H23BO3/c1-23(2)24(3,4)28-25(27-23)17-14-12-16(13-15-17)18-9-7-11-21-22(18)19-8-5-6-10-20(19)26-21/h5-15H,1-4H3/i12D,13D,14D,15D. The van der Waals surface area contributed by atoms with E-state index < -0.39 is 18.3 Å². The van der Waals surface area contributed by atoms with Crippen molar-refractivity contribution in [2.45, 2.75) is 38.9 Å². The van der Waals surface area contributed by atoms with Crippen LogP contribution in [0.15, 0.2) is 71.1 Å². The zero-order valence-electron chi connectivity index (χ0n) is 20.3. The Balaban J connectivity index is 1.75. The molecule has 5 rings (SSSR count). The lowest BCUT2D eigenvalue weighted by atomic mass is 9.78. The highest BCUT2D eigenvalue weighted by atomic mass is 16.7. The zero-order chi connectivity index (χ0) is 23.0. The summed E-state index contributed by atoms with van der Waals surface area (Å²) in [6, 6.07) is 12.5. The van der Waals surface area contributed by atoms with Gasteiger partial charge in [0.1, 0.15) is 11.2 Å². The Morgan fingerprint density at radius 3 is 2.14 bits per heavy atom. The molecule has 1 saturated heterocycles. The molecule has 4 heteroatoms. The number of hydrogen-bond donors (Lipinski definition) is 0. The van der Waals surface area contributed by atoms with Gasteiger partial charge in [0.25, 0.3) is 0 Å². The normalized spacial score (nSPS) is 20.2. The zero-order valence-corrected chi connectivity index (χ0v) is 16.3. The third kappa shape index (κ3) is 2.60. The first-order valence-electron chi connectivity index (χ1n) is 11.4. The maximum Gasteiger partial charge on any atom is 0.494 e. The van der Waals surface area contributed by atoms with Gasteiger partial charge in [-0.1, -0.05) is 54.5 Å². The SMILES string of the molecule is [2H]c1c([2H])c(-c2cccc3oc4ccccc4c23)c([2H])c([2H])c1B1OC(C)(C)C(C)(C)O1. The molecule has 0 bridgehead atoms. The minimum atomic E-state index is -0.979. The van der Waals surface area contributed by atoms with E-state index in [1.807, 2.05) is 64.1 Å². The van der Waals surface area contributed by atoms with E-state index in [9.17, 15) is 0 Å². The molecule has 140 valence electrons. The average molecular weight is 374 g/mol. The van der Waals surface area contributed by atoms with Crippen LogP contribution in [0.25, 0.3) is 33.1 Å². The first-order chi connectivity index (χ1) is 15.0. The van der Waals surface area contributed by atoms with Gasteiger partial charge in [0.2, 0.25) is 0 Å². The van der Waals surface area contributed by atoms with Gasteiger partial charge in [-0.2, -0.15) is 0 Å². The topological polar surface area (TPSA) is 31.6 Å². The smallest absolute Gasteiger partial charge is 0.456 e. The Labute approximate surface area is 171 Å². The predicted octanol–water partition coefficient (Wildman–Crippen LogP) is 5.55. The Kier molecular flexibility index (Phi) is 2.90. The lowest BCUT2D eigenvalue weighted by Gasteiger charge is -2.32. The van der Waals surface area contributed by atoms with Crippen molar-refractivity contribution in [2.75, 3.05) is 0 Å². The lowest BCUT2D eigenvalue weighted by Crippen LogP contribution is -2.41. The largest absolute Gasteiger partial charge is 0.494 e. The van der Waals surface area contributed by atoms with Crippen molar-refractivity contribution in [1.29, 1.82) is 0 Å². The van der Waals surface area contributed by atoms with Crippen LogP contribution in [-0.2, 0) is 9.31 Å². The van der Waals surface area contributed by atoms with Crippen LogP contribution in [0.4, 0.5) is 0 Å². The van der Waals surface area contributed by atoms with E-state index >= 15 is 0 Å². The van der Waals surface area contributed by atoms with Crippen molar-refractivity contribution < 1.29 is 19.2 Å². The fraction of sp³-hybridized carbons (Fsp3) is 0.250. The van der Waals surface area contributed by atoms with Gasteiger partial charge >= 0.3 is 7.12 Å². The van der Waals surface area contributed by atoms with Crippen LogP contribution in [0.3, 0.4) is 0 Å². The van der Waals surface area contributed by atoms with Gasteiger partial charge in [0, 0.05) is 10.8 Å². The molecule has 1 aliphatic heterocycles. The molecule has 0 amide bonds. The Bertz CT molecular complexity index is 1350. The summed E-state index contributed by atoms with van der Waals surface area (Å²) in [5, 5.41) is 1.64. The van der Waals surface area contributed by atoms with Crippen LogP contribution in [0.5, 0.6) is 0 Å². The molecule has 28 heavy (non-hydrogen) atoms. The minimum Gasteiger partial charge on any atom is -0.456 e. The molecule has 4 aromatic rings. The Hall–Kier alpha value is -2.56. The molecular formula is C24H23BO3. The van der Waals surface area contributed by atoms with E-state index in [4.69, 9.17) is 19.2 Å². The summed E-state index contributed by atoms with van der Waals surface area (Å²) in [7, 11) is -0.979. The second-order valence-electron chi connectivity index (χ2n) is 8.15. The van der Waals surface area contributed by atoms with Gasteiger partial charge in [-0.15, -0.1) is 0 Å². The first kappa shape index (κ1) is 13.6. The van der Waals surface area contributed by atoms with Crippen LogP contribution < -0.4 is 5.46 Å². The molecule has 0 spiro atoms. The molecule has 0 unspecified atom stereocenters. The van der Waals surface area contributed by atoms with Crippen LogP contribution in [0.2, 0.25) is 0 Å². The molecule has 0 aliphatic carbocycles. The summed E-state index contributed by atoms with van der Waals surface area (Å²) in [5.41, 5.74) is 0.991. The molecule has 1 aliphatic rings. The maximum absolute atomic E-state index is 8.78. The van der Waals surface area contributed by atoms with Gasteiger partial charge in [-0.3, -0.25) is 0 Å². The molecule has 3 nitrogen and oxygen atoms in total. The monoisotopic (exact) mass is 374 g/mol. The average Bonchev–Trinajstić information content (AvgIpc) is 3.20. The van der Waals surface area contributed by atoms with Crippen molar-refractivity contribution in [1.82, 2.24) is 0 Å². The quantitative estimate of drug-likeness (QED) is 0.431. The molecule has 0 N–H and O–H groups in total. The van der Waals surface area contributed by atoms with E-state index in [1.54, 1.807) is 6.07 Å². The van der Waals surface area contributed by atoms with Crippen molar-refractivity contribution in [3.63, 3.8) is 0 Å². The number of benzene rings is 3. The van der Waals surface area contributed by atoms with E-state index in [0.29, 0.717) is 16.7 Å². The summed E-state index contributed by atoms with van der Waals surface area (Å²) in [6.07, 6.45) is 0. The van der Waals surface area contributed by atoms with Crippen molar-refractivity contribution in [2.24, 2.45) is 0 Å². The van der Waals surface area contributed by atoms with Crippen LogP contribution in [0.1, 0.15) is 33.2 Å². The van der Waals surface area contributed by atoms with Crippen molar-refractivity contribution in [3.8, 4) is 11.1 Å². The molecule has 1 aromatic heterocycles. The third-order valence-electron chi connectivity index (χ3n) is 5.81. The number of furan rings is 1. The summed E-state index contributed by atoms with van der Waals surface area (Å²) >= 11 is 0. The fourth-order valence-corrected chi connectivity index (χ4v) is 3.52. The Morgan fingerprint density at radius 1 is 0.786 bits per heavy atom. The van der Waals surface area contributed by atoms with Crippen LogP contribution in [0, 0.1) is 0 Å². The summed E-state index contributed by atoms with van der Waals surface area (Å²) in [5.74, 6) is 0. The van der Waals surface area contributed by atoms with Gasteiger partial charge in [-0.05, 0) is 56.4 Å². The Morgan fingerprint density at radius 2 is 1.43 bits per heavy atom. The lowest BCUT2D eigenvalue weighted by molar-refractivity contribution is 0.00578. The van der Waals surface area contributed by atoms with Gasteiger partial charge in [0.15, 0.2) is 0 Å². The van der Waals surface area contributed by atoms with E-state index in [1.165, 1.54) is 0 Å². The number of para-hydroxylation sites is 1. The van der Waals surface area contributed by atoms with Crippen molar-refractivity contribution in [3.05, 3.63) is 66.6 Å². The molecule has 1 fully saturated rings. The minimum absolute atomic E-state index is 0.117. The second kappa shape index (κ2) is 5.97. The highest BCUT2D eigenvalue weighted by Crippen LogP contribution is 2.38. The molecule has 0 saturated carbocycles. The molecular weight excluding hydrogens is 347 g/mol. The number of rotatable bonds is 2. The van der Waals surface area contributed by atoms with Crippen LogP contribution >= 0.6 is 0 Å². The van der Waals surface area contributed by atoms with E-state index in [0.717, 1.165) is 10.8 Å². The summed E-state index contributed by atoms with van der Waals surface area (Å²) in [4.78, 5) is 0. The number of hydrogen-bond acceptors (Lipinski definition) is 3. The highest BCUT2D eigenvalue weighted by Gasteiger charge is 2.51. The third-order valence-corrected chi connectivity index (χ3v) is 5.81. The summed E-state index contributed by atoms with van der Waals surface area (Å²) < 4.78 is 53.0. The fourth-order valence-electron chi connectivity index (χ4n) is 3.52. The molecule has 3 aromatic carbocycles. The maximum atomic E-state index is 8.78. The number of fused-ring (bicyclic) bond motifs is 3. The highest BCUT2D eigenvalue weighted by molar-refractivity contribution is 6.62. The van der Waals surface area contributed by atoms with E-state index in [2.05, 4.69) is 0 Å². The predicted molar refractivity (Wildman–Crippen MR) is 115 cm³/mol. The van der Waals surface area contributed by atoms with Gasteiger partial charge < -0.3 is 13.7 Å². The van der Waals surface area contributed by atoms with E-state index in [-0.39, 0.29) is 35.2 Å². The molecule has 2 heterocycles. The second-order valence-corrected chi connectivity index (χ2v) is 8.15. The van der Waals surface area contributed by atoms with Gasteiger partial charge in [-0.25, -0.2) is 0 Å². The van der Waals surface area contributed by atoms with Crippen molar-refractivity contribution >= 4 is 34.5 Å². The van der Waals surface area contributed by atoms with Crippen LogP contribution in [-0.4, -0.2) is 18.3 Å². The molecule has 0 atom stereocenters. The summed E-state index contributed by atoms with van der Waals surface area (Å²) in [6.45, 7) is 7.57.